The lowest BCUT2D eigenvalue weighted by Crippen LogP contribution is -2.48. The first-order valence-corrected chi connectivity index (χ1v) is 7.92. The van der Waals surface area contributed by atoms with Crippen LogP contribution in [0, 0.1) is 25.6 Å². The molecule has 3 rings (SSSR count). The van der Waals surface area contributed by atoms with Crippen LogP contribution >= 0.6 is 0 Å². The van der Waals surface area contributed by atoms with Gasteiger partial charge in [0.1, 0.15) is 11.3 Å². The van der Waals surface area contributed by atoms with Crippen LogP contribution in [-0.2, 0) is 0 Å². The van der Waals surface area contributed by atoms with Crippen molar-refractivity contribution in [2.75, 3.05) is 13.1 Å². The highest BCUT2D eigenvalue weighted by atomic mass is 19.1. The minimum Gasteiger partial charge on any atom is -0.349 e. The molecule has 1 aliphatic heterocycles. The highest BCUT2D eigenvalue weighted by Gasteiger charge is 2.24. The summed E-state index contributed by atoms with van der Waals surface area (Å²) >= 11 is 0. The topological polar surface area (TPSA) is 66.9 Å². The average molecular weight is 316 g/mol. The van der Waals surface area contributed by atoms with Gasteiger partial charge in [0.25, 0.3) is 5.91 Å². The molecule has 0 radical (unpaired) electrons. The Morgan fingerprint density at radius 3 is 2.78 bits per heavy atom. The molecule has 2 aromatic rings. The first-order valence-electron chi connectivity index (χ1n) is 7.92. The summed E-state index contributed by atoms with van der Waals surface area (Å²) in [5.74, 6) is -0.424. The number of rotatable bonds is 2. The number of fused-ring (bicyclic) bond motifs is 1. The van der Waals surface area contributed by atoms with Crippen LogP contribution in [0.3, 0.4) is 0 Å². The Morgan fingerprint density at radius 2 is 2.04 bits per heavy atom. The van der Waals surface area contributed by atoms with Gasteiger partial charge in [-0.1, -0.05) is 6.92 Å². The number of aryl methyl sites for hydroxylation is 2. The largest absolute Gasteiger partial charge is 0.349 e. The molecule has 0 spiro atoms. The lowest BCUT2D eigenvalue weighted by Gasteiger charge is -2.30. The van der Waals surface area contributed by atoms with Crippen LogP contribution in [0.25, 0.3) is 11.0 Å². The number of nitrogens with one attached hydrogen (secondary N) is 2. The first kappa shape index (κ1) is 15.8. The standard InChI is InChI=1S/C17H21FN4O/c1-9-8-19-5-4-14(9)22-17(23)13-6-12(18)7-15-16(13)21-11(3)10(2)20-15/h6-7,9,14,19H,4-5,8H2,1-3H3,(H,22,23). The predicted octanol–water partition coefficient (Wildman–Crippen LogP) is 2.11. The number of carbonyl (C=O) groups is 1. The van der Waals surface area contributed by atoms with Crippen molar-refractivity contribution in [3.05, 3.63) is 34.9 Å². The van der Waals surface area contributed by atoms with E-state index in [1.807, 2.05) is 13.8 Å². The van der Waals surface area contributed by atoms with Crippen molar-refractivity contribution in [2.45, 2.75) is 33.2 Å². The van der Waals surface area contributed by atoms with Crippen molar-refractivity contribution in [1.29, 1.82) is 0 Å². The molecular formula is C17H21FN4O. The highest BCUT2D eigenvalue weighted by molar-refractivity contribution is 6.04. The summed E-state index contributed by atoms with van der Waals surface area (Å²) in [6.45, 7) is 7.49. The summed E-state index contributed by atoms with van der Waals surface area (Å²) in [6, 6.07) is 2.65. The number of carbonyl (C=O) groups excluding carboxylic acids is 1. The summed E-state index contributed by atoms with van der Waals surface area (Å²) in [7, 11) is 0. The molecule has 2 N–H and O–H groups in total. The molecular weight excluding hydrogens is 295 g/mol. The van der Waals surface area contributed by atoms with E-state index in [2.05, 4.69) is 27.5 Å². The van der Waals surface area contributed by atoms with Gasteiger partial charge in [-0.05, 0) is 45.3 Å². The third kappa shape index (κ3) is 3.17. The monoisotopic (exact) mass is 316 g/mol. The van der Waals surface area contributed by atoms with Crippen LogP contribution in [0.5, 0.6) is 0 Å². The smallest absolute Gasteiger partial charge is 0.253 e. The molecule has 0 bridgehead atoms. The van der Waals surface area contributed by atoms with Gasteiger partial charge in [-0.15, -0.1) is 0 Å². The van der Waals surface area contributed by atoms with Gasteiger partial charge in [-0.2, -0.15) is 0 Å². The van der Waals surface area contributed by atoms with Crippen LogP contribution in [0.15, 0.2) is 12.1 Å². The van der Waals surface area contributed by atoms with Crippen LogP contribution < -0.4 is 10.6 Å². The summed E-state index contributed by atoms with van der Waals surface area (Å²) in [4.78, 5) is 21.5. The van der Waals surface area contributed by atoms with E-state index in [1.54, 1.807) is 0 Å². The van der Waals surface area contributed by atoms with Gasteiger partial charge in [0, 0.05) is 12.1 Å². The molecule has 2 unspecified atom stereocenters. The van der Waals surface area contributed by atoms with Gasteiger partial charge in [-0.3, -0.25) is 4.79 Å². The van der Waals surface area contributed by atoms with Gasteiger partial charge >= 0.3 is 0 Å². The van der Waals surface area contributed by atoms with Crippen LogP contribution in [-0.4, -0.2) is 35.0 Å². The second-order valence-corrected chi connectivity index (χ2v) is 6.27. The Hall–Kier alpha value is -2.08. The van der Waals surface area contributed by atoms with E-state index in [9.17, 15) is 9.18 Å². The Balaban J connectivity index is 1.97. The Morgan fingerprint density at radius 1 is 1.30 bits per heavy atom. The van der Waals surface area contributed by atoms with Gasteiger partial charge in [0.15, 0.2) is 0 Å². The molecule has 1 aromatic carbocycles. The second-order valence-electron chi connectivity index (χ2n) is 6.27. The Bertz CT molecular complexity index is 762. The van der Waals surface area contributed by atoms with Crippen molar-refractivity contribution in [3.63, 3.8) is 0 Å². The van der Waals surface area contributed by atoms with E-state index in [-0.39, 0.29) is 17.5 Å². The molecule has 2 heterocycles. The van der Waals surface area contributed by atoms with Crippen molar-refractivity contribution < 1.29 is 9.18 Å². The molecule has 122 valence electrons. The second kappa shape index (κ2) is 6.20. The number of amides is 1. The summed E-state index contributed by atoms with van der Waals surface area (Å²) in [5, 5.41) is 6.32. The predicted molar refractivity (Wildman–Crippen MR) is 86.9 cm³/mol. The number of hydrogen-bond donors (Lipinski definition) is 2. The molecule has 23 heavy (non-hydrogen) atoms. The van der Waals surface area contributed by atoms with E-state index >= 15 is 0 Å². The molecule has 1 saturated heterocycles. The summed E-state index contributed by atoms with van der Waals surface area (Å²) in [6.07, 6.45) is 0.865. The maximum Gasteiger partial charge on any atom is 0.253 e. The number of hydrogen-bond acceptors (Lipinski definition) is 4. The molecule has 1 amide bonds. The molecule has 2 atom stereocenters. The molecule has 0 aliphatic carbocycles. The van der Waals surface area contributed by atoms with Crippen molar-refractivity contribution in [2.24, 2.45) is 5.92 Å². The third-order valence-corrected chi connectivity index (χ3v) is 4.49. The fraction of sp³-hybridized carbons (Fsp3) is 0.471. The lowest BCUT2D eigenvalue weighted by atomic mass is 9.95. The third-order valence-electron chi connectivity index (χ3n) is 4.49. The highest BCUT2D eigenvalue weighted by Crippen LogP contribution is 2.20. The van der Waals surface area contributed by atoms with Gasteiger partial charge < -0.3 is 10.6 Å². The van der Waals surface area contributed by atoms with E-state index in [4.69, 9.17) is 0 Å². The van der Waals surface area contributed by atoms with Crippen LogP contribution in [0.1, 0.15) is 35.1 Å². The zero-order valence-corrected chi connectivity index (χ0v) is 13.6. The van der Waals surface area contributed by atoms with Gasteiger partial charge in [0.2, 0.25) is 0 Å². The molecule has 5 nitrogen and oxygen atoms in total. The number of piperidine rings is 1. The zero-order valence-electron chi connectivity index (χ0n) is 13.6. The molecule has 1 aliphatic rings. The average Bonchev–Trinajstić information content (AvgIpc) is 2.50. The number of halogens is 1. The lowest BCUT2D eigenvalue weighted by molar-refractivity contribution is 0.0915. The van der Waals surface area contributed by atoms with Crippen molar-refractivity contribution in [1.82, 2.24) is 20.6 Å². The zero-order chi connectivity index (χ0) is 16.6. The summed E-state index contributed by atoms with van der Waals surface area (Å²) < 4.78 is 13.9. The SMILES string of the molecule is Cc1nc2cc(F)cc(C(=O)NC3CCNCC3C)c2nc1C. The maximum atomic E-state index is 13.9. The van der Waals surface area contributed by atoms with E-state index < -0.39 is 5.82 Å². The summed E-state index contributed by atoms with van der Waals surface area (Å²) in [5.41, 5.74) is 2.60. The van der Waals surface area contributed by atoms with E-state index in [0.29, 0.717) is 17.0 Å². The van der Waals surface area contributed by atoms with E-state index in [0.717, 1.165) is 30.9 Å². The van der Waals surface area contributed by atoms with E-state index in [1.165, 1.54) is 12.1 Å². The Labute approximate surface area is 134 Å². The normalized spacial score (nSPS) is 21.4. The fourth-order valence-electron chi connectivity index (χ4n) is 2.95. The van der Waals surface area contributed by atoms with Crippen molar-refractivity contribution >= 4 is 16.9 Å². The minimum absolute atomic E-state index is 0.0848. The quantitative estimate of drug-likeness (QED) is 0.890. The molecule has 1 aromatic heterocycles. The van der Waals surface area contributed by atoms with Crippen molar-refractivity contribution in [3.8, 4) is 0 Å². The maximum absolute atomic E-state index is 13.9. The molecule has 6 heteroatoms. The number of aromatic nitrogens is 2. The first-order chi connectivity index (χ1) is 11.0. The number of benzene rings is 1. The van der Waals surface area contributed by atoms with Gasteiger partial charge in [-0.25, -0.2) is 14.4 Å². The minimum atomic E-state index is -0.474. The van der Waals surface area contributed by atoms with Crippen LogP contribution in [0.2, 0.25) is 0 Å². The Kier molecular flexibility index (Phi) is 4.26. The van der Waals surface area contributed by atoms with Gasteiger partial charge in [0.05, 0.1) is 22.5 Å². The van der Waals surface area contributed by atoms with Crippen LogP contribution in [0.4, 0.5) is 4.39 Å². The molecule has 1 fully saturated rings. The number of nitrogens with zero attached hydrogens (tertiary/aromatic N) is 2. The molecule has 0 saturated carbocycles. The fourth-order valence-corrected chi connectivity index (χ4v) is 2.95.